The fourth-order valence-corrected chi connectivity index (χ4v) is 3.28. The second-order valence-electron chi connectivity index (χ2n) is 5.88. The Labute approximate surface area is 138 Å². The summed E-state index contributed by atoms with van der Waals surface area (Å²) in [7, 11) is 0. The first kappa shape index (κ1) is 17.2. The fourth-order valence-electron chi connectivity index (χ4n) is 3.28. The molecular weight excluding hydrogens is 300 g/mol. The van der Waals surface area contributed by atoms with Gasteiger partial charge < -0.3 is 10.6 Å². The van der Waals surface area contributed by atoms with E-state index in [2.05, 4.69) is 28.2 Å². The number of hydrazine groups is 1. The molecule has 2 fully saturated rings. The van der Waals surface area contributed by atoms with Gasteiger partial charge in [-0.3, -0.25) is 10.2 Å². The highest BCUT2D eigenvalue weighted by atomic mass is 35.5. The standard InChI is InChI=1S/C16H24N4O.ClH/c21-15(19-20-12-10-18-11-13-20)16(6-8-17-9-7-16)14-4-2-1-3-5-14;/h1-5,17-18H,6-13H2,(H,19,21);1H. The monoisotopic (exact) mass is 324 g/mol. The number of amides is 1. The number of hydrogen-bond donors (Lipinski definition) is 3. The Morgan fingerprint density at radius 3 is 2.23 bits per heavy atom. The molecule has 0 aromatic heterocycles. The van der Waals surface area contributed by atoms with Gasteiger partial charge in [0, 0.05) is 26.2 Å². The summed E-state index contributed by atoms with van der Waals surface area (Å²) in [5.74, 6) is 0.150. The molecule has 22 heavy (non-hydrogen) atoms. The Morgan fingerprint density at radius 2 is 1.59 bits per heavy atom. The summed E-state index contributed by atoms with van der Waals surface area (Å²) in [5.41, 5.74) is 3.90. The van der Waals surface area contributed by atoms with Gasteiger partial charge in [-0.1, -0.05) is 30.3 Å². The summed E-state index contributed by atoms with van der Waals surface area (Å²) < 4.78 is 0. The Balaban J connectivity index is 0.00000176. The average molecular weight is 325 g/mol. The van der Waals surface area contributed by atoms with Crippen molar-refractivity contribution in [1.82, 2.24) is 21.1 Å². The summed E-state index contributed by atoms with van der Waals surface area (Å²) in [5, 5.41) is 8.72. The van der Waals surface area contributed by atoms with Crippen LogP contribution in [0.1, 0.15) is 18.4 Å². The van der Waals surface area contributed by atoms with E-state index in [1.807, 2.05) is 23.2 Å². The van der Waals surface area contributed by atoms with Gasteiger partial charge in [0.1, 0.15) is 0 Å². The predicted molar refractivity (Wildman–Crippen MR) is 90.1 cm³/mol. The van der Waals surface area contributed by atoms with E-state index in [-0.39, 0.29) is 18.3 Å². The van der Waals surface area contributed by atoms with Crippen molar-refractivity contribution >= 4 is 18.3 Å². The van der Waals surface area contributed by atoms with Gasteiger partial charge in [0.15, 0.2) is 0 Å². The summed E-state index contributed by atoms with van der Waals surface area (Å²) in [6, 6.07) is 10.2. The minimum Gasteiger partial charge on any atom is -0.317 e. The molecule has 3 N–H and O–H groups in total. The fraction of sp³-hybridized carbons (Fsp3) is 0.562. The van der Waals surface area contributed by atoms with Gasteiger partial charge in [-0.05, 0) is 31.5 Å². The van der Waals surface area contributed by atoms with Crippen LogP contribution in [0.4, 0.5) is 0 Å². The zero-order valence-corrected chi connectivity index (χ0v) is 13.6. The molecule has 1 aromatic rings. The smallest absolute Gasteiger partial charge is 0.245 e. The van der Waals surface area contributed by atoms with E-state index in [1.165, 1.54) is 0 Å². The average Bonchev–Trinajstić information content (AvgIpc) is 2.57. The van der Waals surface area contributed by atoms with Crippen LogP contribution >= 0.6 is 12.4 Å². The molecule has 2 aliphatic rings. The normalized spacial score (nSPS) is 21.6. The molecule has 5 nitrogen and oxygen atoms in total. The number of nitrogens with zero attached hydrogens (tertiary/aromatic N) is 1. The lowest BCUT2D eigenvalue weighted by Gasteiger charge is -2.39. The highest BCUT2D eigenvalue weighted by Gasteiger charge is 2.41. The molecule has 0 atom stereocenters. The number of carbonyl (C=O) groups is 1. The maximum atomic E-state index is 13.0. The molecule has 2 heterocycles. The van der Waals surface area contributed by atoms with Crippen LogP contribution in [0.25, 0.3) is 0 Å². The number of rotatable bonds is 3. The van der Waals surface area contributed by atoms with Gasteiger partial charge in [0.2, 0.25) is 5.91 Å². The van der Waals surface area contributed by atoms with E-state index in [0.29, 0.717) is 0 Å². The van der Waals surface area contributed by atoms with Gasteiger partial charge >= 0.3 is 0 Å². The van der Waals surface area contributed by atoms with Crippen molar-refractivity contribution < 1.29 is 4.79 Å². The molecule has 6 heteroatoms. The lowest BCUT2D eigenvalue weighted by Crippen LogP contribution is -2.58. The van der Waals surface area contributed by atoms with Crippen molar-refractivity contribution in [2.45, 2.75) is 18.3 Å². The summed E-state index contributed by atoms with van der Waals surface area (Å²) >= 11 is 0. The van der Waals surface area contributed by atoms with Crippen molar-refractivity contribution in [2.24, 2.45) is 0 Å². The van der Waals surface area contributed by atoms with Crippen LogP contribution in [0.2, 0.25) is 0 Å². The van der Waals surface area contributed by atoms with E-state index < -0.39 is 5.41 Å². The van der Waals surface area contributed by atoms with Gasteiger partial charge in [0.05, 0.1) is 5.41 Å². The van der Waals surface area contributed by atoms with E-state index in [4.69, 9.17) is 0 Å². The molecule has 0 aliphatic carbocycles. The molecule has 0 spiro atoms. The lowest BCUT2D eigenvalue weighted by molar-refractivity contribution is -0.133. The first-order valence-corrected chi connectivity index (χ1v) is 7.84. The molecule has 122 valence electrons. The first-order valence-electron chi connectivity index (χ1n) is 7.84. The molecule has 0 bridgehead atoms. The third-order valence-electron chi connectivity index (χ3n) is 4.59. The minimum atomic E-state index is -0.391. The Hall–Kier alpha value is -1.14. The number of piperidine rings is 1. The molecular formula is C16H25ClN4O. The largest absolute Gasteiger partial charge is 0.317 e. The van der Waals surface area contributed by atoms with Crippen LogP contribution < -0.4 is 16.1 Å². The molecule has 2 aliphatic heterocycles. The molecule has 2 saturated heterocycles. The van der Waals surface area contributed by atoms with E-state index in [1.54, 1.807) is 0 Å². The van der Waals surface area contributed by atoms with Crippen molar-refractivity contribution in [1.29, 1.82) is 0 Å². The number of piperazine rings is 1. The van der Waals surface area contributed by atoms with Gasteiger partial charge in [-0.2, -0.15) is 0 Å². The van der Waals surface area contributed by atoms with Crippen LogP contribution in [-0.2, 0) is 10.2 Å². The van der Waals surface area contributed by atoms with Crippen LogP contribution in [0.15, 0.2) is 30.3 Å². The van der Waals surface area contributed by atoms with Crippen LogP contribution in [0.5, 0.6) is 0 Å². The molecule has 1 amide bonds. The lowest BCUT2D eigenvalue weighted by atomic mass is 9.72. The molecule has 0 unspecified atom stereocenters. The minimum absolute atomic E-state index is 0. The zero-order valence-electron chi connectivity index (χ0n) is 12.8. The Bertz CT molecular complexity index is 470. The molecule has 1 aromatic carbocycles. The van der Waals surface area contributed by atoms with Crippen molar-refractivity contribution in [3.05, 3.63) is 35.9 Å². The van der Waals surface area contributed by atoms with Crippen molar-refractivity contribution in [2.75, 3.05) is 39.3 Å². The van der Waals surface area contributed by atoms with E-state index in [9.17, 15) is 4.79 Å². The van der Waals surface area contributed by atoms with Crippen LogP contribution in [-0.4, -0.2) is 50.2 Å². The van der Waals surface area contributed by atoms with Crippen LogP contribution in [0.3, 0.4) is 0 Å². The summed E-state index contributed by atoms with van der Waals surface area (Å²) in [6.07, 6.45) is 1.71. The summed E-state index contributed by atoms with van der Waals surface area (Å²) in [4.78, 5) is 13.0. The number of benzene rings is 1. The maximum absolute atomic E-state index is 13.0. The SMILES string of the molecule is Cl.O=C(NN1CCNCC1)C1(c2ccccc2)CCNCC1. The van der Waals surface area contributed by atoms with Gasteiger partial charge in [0.25, 0.3) is 0 Å². The Kier molecular flexibility index (Phi) is 6.20. The molecule has 0 saturated carbocycles. The van der Waals surface area contributed by atoms with E-state index in [0.717, 1.165) is 57.7 Å². The number of nitrogens with one attached hydrogen (secondary N) is 3. The third-order valence-corrected chi connectivity index (χ3v) is 4.59. The van der Waals surface area contributed by atoms with Gasteiger partial charge in [-0.15, -0.1) is 12.4 Å². The predicted octanol–water partition coefficient (Wildman–Crippen LogP) is 0.666. The maximum Gasteiger partial charge on any atom is 0.245 e. The molecule has 3 rings (SSSR count). The summed E-state index contributed by atoms with van der Waals surface area (Å²) in [6.45, 7) is 5.39. The van der Waals surface area contributed by atoms with E-state index >= 15 is 0 Å². The van der Waals surface area contributed by atoms with Crippen molar-refractivity contribution in [3.63, 3.8) is 0 Å². The third kappa shape index (κ3) is 3.60. The number of hydrogen-bond acceptors (Lipinski definition) is 4. The topological polar surface area (TPSA) is 56.4 Å². The molecule has 0 radical (unpaired) electrons. The Morgan fingerprint density at radius 1 is 1.00 bits per heavy atom. The number of halogens is 1. The second kappa shape index (κ2) is 7.92. The van der Waals surface area contributed by atoms with Crippen molar-refractivity contribution in [3.8, 4) is 0 Å². The highest BCUT2D eigenvalue weighted by molar-refractivity contribution is 5.88. The second-order valence-corrected chi connectivity index (χ2v) is 5.88. The van der Waals surface area contributed by atoms with Gasteiger partial charge in [-0.25, -0.2) is 5.01 Å². The quantitative estimate of drug-likeness (QED) is 0.765. The zero-order chi connectivity index (χ0) is 14.5. The highest BCUT2D eigenvalue weighted by Crippen LogP contribution is 2.33. The first-order chi connectivity index (χ1) is 10.3. The van der Waals surface area contributed by atoms with Crippen LogP contribution in [0, 0.1) is 0 Å². The number of carbonyl (C=O) groups excluding carboxylic acids is 1.